The molecule has 0 spiro atoms. The molecule has 1 fully saturated rings. The largest absolute Gasteiger partial charge is 0.394 e. The molecule has 0 saturated heterocycles. The highest BCUT2D eigenvalue weighted by Gasteiger charge is 2.39. The van der Waals surface area contributed by atoms with Gasteiger partial charge in [0, 0.05) is 0 Å². The van der Waals surface area contributed by atoms with E-state index >= 15 is 0 Å². The first-order valence-electron chi connectivity index (χ1n) is 6.78. The summed E-state index contributed by atoms with van der Waals surface area (Å²) < 4.78 is 0. The second-order valence-electron chi connectivity index (χ2n) is 5.67. The van der Waals surface area contributed by atoms with Gasteiger partial charge in [-0.15, -0.1) is 0 Å². The van der Waals surface area contributed by atoms with Crippen molar-refractivity contribution in [1.82, 2.24) is 5.32 Å². The maximum absolute atomic E-state index is 12.4. The van der Waals surface area contributed by atoms with Crippen LogP contribution in [0.5, 0.6) is 0 Å². The predicted molar refractivity (Wildman–Crippen MR) is 74.4 cm³/mol. The molecule has 104 valence electrons. The lowest BCUT2D eigenvalue weighted by Gasteiger charge is -2.33. The third kappa shape index (κ3) is 2.80. The van der Waals surface area contributed by atoms with Crippen LogP contribution in [0.2, 0.25) is 0 Å². The summed E-state index contributed by atoms with van der Waals surface area (Å²) in [6, 6.07) is 9.32. The Bertz CT molecular complexity index is 437. The number of carbonyl (C=O) groups is 1. The SMILES string of the molecule is CC(N)(C(=O)NC1(CO)CCCC1)c1ccccc1. The van der Waals surface area contributed by atoms with Gasteiger partial charge < -0.3 is 16.2 Å². The maximum Gasteiger partial charge on any atom is 0.244 e. The number of hydrogen-bond acceptors (Lipinski definition) is 3. The molecule has 4 N–H and O–H groups in total. The van der Waals surface area contributed by atoms with E-state index in [1.807, 2.05) is 30.3 Å². The summed E-state index contributed by atoms with van der Waals surface area (Å²) in [6.45, 7) is 1.68. The molecule has 19 heavy (non-hydrogen) atoms. The first-order valence-corrected chi connectivity index (χ1v) is 6.78. The third-order valence-electron chi connectivity index (χ3n) is 4.09. The Balaban J connectivity index is 2.15. The average molecular weight is 262 g/mol. The molecule has 1 aliphatic rings. The Kier molecular flexibility index (Phi) is 3.92. The standard InChI is InChI=1S/C15H22N2O2/c1-14(16,12-7-3-2-4-8-12)13(19)17-15(11-18)9-5-6-10-15/h2-4,7-8,18H,5-6,9-11,16H2,1H3,(H,17,19). The summed E-state index contributed by atoms with van der Waals surface area (Å²) in [6.07, 6.45) is 3.71. The van der Waals surface area contributed by atoms with Gasteiger partial charge in [-0.1, -0.05) is 43.2 Å². The van der Waals surface area contributed by atoms with Crippen LogP contribution in [-0.4, -0.2) is 23.2 Å². The van der Waals surface area contributed by atoms with Crippen molar-refractivity contribution in [2.75, 3.05) is 6.61 Å². The summed E-state index contributed by atoms with van der Waals surface area (Å²) in [5, 5.41) is 12.5. The van der Waals surface area contributed by atoms with Crippen molar-refractivity contribution in [2.45, 2.75) is 43.7 Å². The van der Waals surface area contributed by atoms with Gasteiger partial charge in [-0.25, -0.2) is 0 Å². The summed E-state index contributed by atoms with van der Waals surface area (Å²) in [5.74, 6) is -0.227. The van der Waals surface area contributed by atoms with Crippen LogP contribution in [0.1, 0.15) is 38.2 Å². The van der Waals surface area contributed by atoms with Gasteiger partial charge in [0.05, 0.1) is 12.1 Å². The van der Waals surface area contributed by atoms with Gasteiger partial charge in [-0.3, -0.25) is 4.79 Å². The molecule has 1 atom stereocenters. The van der Waals surface area contributed by atoms with E-state index in [0.29, 0.717) is 0 Å². The van der Waals surface area contributed by atoms with Crippen molar-refractivity contribution in [3.63, 3.8) is 0 Å². The number of benzene rings is 1. The zero-order valence-corrected chi connectivity index (χ0v) is 11.4. The summed E-state index contributed by atoms with van der Waals surface area (Å²) >= 11 is 0. The van der Waals surface area contributed by atoms with Crippen molar-refractivity contribution in [3.05, 3.63) is 35.9 Å². The van der Waals surface area contributed by atoms with Gasteiger partial charge in [0.25, 0.3) is 0 Å². The zero-order valence-electron chi connectivity index (χ0n) is 11.4. The Morgan fingerprint density at radius 1 is 1.37 bits per heavy atom. The fraction of sp³-hybridized carbons (Fsp3) is 0.533. The van der Waals surface area contributed by atoms with Crippen LogP contribution in [0, 0.1) is 0 Å². The smallest absolute Gasteiger partial charge is 0.244 e. The van der Waals surface area contributed by atoms with Crippen molar-refractivity contribution in [2.24, 2.45) is 5.73 Å². The Morgan fingerprint density at radius 3 is 2.47 bits per heavy atom. The summed E-state index contributed by atoms with van der Waals surface area (Å²) in [5.41, 5.74) is 5.40. The number of carbonyl (C=O) groups excluding carboxylic acids is 1. The summed E-state index contributed by atoms with van der Waals surface area (Å²) in [4.78, 5) is 12.4. The Hall–Kier alpha value is -1.39. The van der Waals surface area contributed by atoms with Crippen LogP contribution >= 0.6 is 0 Å². The van der Waals surface area contributed by atoms with E-state index < -0.39 is 11.1 Å². The lowest BCUT2D eigenvalue weighted by molar-refractivity contribution is -0.128. The van der Waals surface area contributed by atoms with E-state index in [2.05, 4.69) is 5.32 Å². The zero-order chi connectivity index (χ0) is 13.9. The number of nitrogens with two attached hydrogens (primary N) is 1. The molecule has 4 nitrogen and oxygen atoms in total. The first kappa shape index (κ1) is 14.0. The molecule has 0 aliphatic heterocycles. The fourth-order valence-electron chi connectivity index (χ4n) is 2.66. The van der Waals surface area contributed by atoms with E-state index in [1.54, 1.807) is 6.92 Å². The highest BCUT2D eigenvalue weighted by Crippen LogP contribution is 2.30. The van der Waals surface area contributed by atoms with Gasteiger partial charge >= 0.3 is 0 Å². The number of rotatable bonds is 4. The topological polar surface area (TPSA) is 75.4 Å². The lowest BCUT2D eigenvalue weighted by Crippen LogP contribution is -2.58. The summed E-state index contributed by atoms with van der Waals surface area (Å²) in [7, 11) is 0. The maximum atomic E-state index is 12.4. The molecule has 1 aromatic rings. The van der Waals surface area contributed by atoms with Crippen LogP contribution in [-0.2, 0) is 10.3 Å². The molecular weight excluding hydrogens is 240 g/mol. The fourth-order valence-corrected chi connectivity index (χ4v) is 2.66. The van der Waals surface area contributed by atoms with Crippen LogP contribution < -0.4 is 11.1 Å². The van der Waals surface area contributed by atoms with Gasteiger partial charge in [0.2, 0.25) is 5.91 Å². The van der Waals surface area contributed by atoms with Crippen molar-refractivity contribution < 1.29 is 9.90 Å². The molecule has 0 radical (unpaired) electrons. The second kappa shape index (κ2) is 5.31. The number of nitrogens with one attached hydrogen (secondary N) is 1. The predicted octanol–water partition coefficient (Wildman–Crippen LogP) is 1.28. The van der Waals surface area contributed by atoms with Crippen LogP contribution in [0.3, 0.4) is 0 Å². The first-order chi connectivity index (χ1) is 9.00. The van der Waals surface area contributed by atoms with Crippen molar-refractivity contribution >= 4 is 5.91 Å². The molecule has 0 heterocycles. The van der Waals surface area contributed by atoms with Gasteiger partial charge in [-0.05, 0) is 25.3 Å². The lowest BCUT2D eigenvalue weighted by atomic mass is 9.90. The molecule has 1 amide bonds. The minimum Gasteiger partial charge on any atom is -0.394 e. The highest BCUT2D eigenvalue weighted by atomic mass is 16.3. The highest BCUT2D eigenvalue weighted by molar-refractivity contribution is 5.87. The normalized spacial score (nSPS) is 20.8. The molecular formula is C15H22N2O2. The molecule has 1 saturated carbocycles. The van der Waals surface area contributed by atoms with Crippen LogP contribution in [0.25, 0.3) is 0 Å². The van der Waals surface area contributed by atoms with E-state index in [9.17, 15) is 9.90 Å². The van der Waals surface area contributed by atoms with E-state index in [0.717, 1.165) is 31.2 Å². The molecule has 4 heteroatoms. The third-order valence-corrected chi connectivity index (χ3v) is 4.09. The monoisotopic (exact) mass is 262 g/mol. The molecule has 0 bridgehead atoms. The molecule has 2 rings (SSSR count). The van der Waals surface area contributed by atoms with E-state index in [4.69, 9.17) is 5.73 Å². The van der Waals surface area contributed by atoms with Gasteiger partial charge in [-0.2, -0.15) is 0 Å². The second-order valence-corrected chi connectivity index (χ2v) is 5.67. The van der Waals surface area contributed by atoms with Crippen molar-refractivity contribution in [1.29, 1.82) is 0 Å². The van der Waals surface area contributed by atoms with Crippen LogP contribution in [0.4, 0.5) is 0 Å². The minimum atomic E-state index is -1.08. The molecule has 1 unspecified atom stereocenters. The number of aliphatic hydroxyl groups excluding tert-OH is 1. The minimum absolute atomic E-state index is 0.0242. The van der Waals surface area contributed by atoms with E-state index in [1.165, 1.54) is 0 Å². The number of amides is 1. The number of aliphatic hydroxyl groups is 1. The Morgan fingerprint density at radius 2 is 1.95 bits per heavy atom. The van der Waals surface area contributed by atoms with E-state index in [-0.39, 0.29) is 12.5 Å². The average Bonchev–Trinajstić information content (AvgIpc) is 2.89. The van der Waals surface area contributed by atoms with Crippen molar-refractivity contribution in [3.8, 4) is 0 Å². The van der Waals surface area contributed by atoms with Gasteiger partial charge in [0.15, 0.2) is 0 Å². The molecule has 1 aliphatic carbocycles. The number of hydrogen-bond donors (Lipinski definition) is 3. The quantitative estimate of drug-likeness (QED) is 0.765. The Labute approximate surface area is 114 Å². The van der Waals surface area contributed by atoms with Gasteiger partial charge in [0.1, 0.15) is 5.54 Å². The molecule has 1 aromatic carbocycles. The van der Waals surface area contributed by atoms with Crippen LogP contribution in [0.15, 0.2) is 30.3 Å². The molecule has 0 aromatic heterocycles.